The van der Waals surface area contributed by atoms with Crippen molar-refractivity contribution < 1.29 is 0 Å². The molecule has 0 amide bonds. The Bertz CT molecular complexity index is 485. The molecule has 2 aromatic rings. The van der Waals surface area contributed by atoms with Gasteiger partial charge >= 0.3 is 0 Å². The minimum Gasteiger partial charge on any atom is -0.320 e. The highest BCUT2D eigenvalue weighted by molar-refractivity contribution is 9.10. The summed E-state index contributed by atoms with van der Waals surface area (Å²) in [5, 5.41) is 7.88. The Balaban J connectivity index is 0.000000256. The van der Waals surface area contributed by atoms with Crippen LogP contribution in [0.1, 0.15) is 37.1 Å². The van der Waals surface area contributed by atoms with E-state index in [2.05, 4.69) is 38.3 Å². The summed E-state index contributed by atoms with van der Waals surface area (Å²) in [5.41, 5.74) is 1.23. The minimum absolute atomic E-state index is 0.815. The minimum atomic E-state index is 0.815. The summed E-state index contributed by atoms with van der Waals surface area (Å²) in [5.74, 6) is 0.975. The number of nitrogens with zero attached hydrogens (tertiary/aromatic N) is 3. The van der Waals surface area contributed by atoms with Gasteiger partial charge in [0.15, 0.2) is 0 Å². The maximum absolute atomic E-state index is 4.04. The van der Waals surface area contributed by atoms with Crippen molar-refractivity contribution in [2.24, 2.45) is 7.05 Å². The van der Waals surface area contributed by atoms with Gasteiger partial charge in [-0.1, -0.05) is 53.7 Å². The molecular weight excluding hydrogens is 290 g/mol. The van der Waals surface area contributed by atoms with E-state index >= 15 is 0 Å². The molecule has 1 aromatic carbocycles. The van der Waals surface area contributed by atoms with Gasteiger partial charge in [0, 0.05) is 17.9 Å². The molecule has 3 nitrogen and oxygen atoms in total. The van der Waals surface area contributed by atoms with Gasteiger partial charge in [-0.25, -0.2) is 0 Å². The maximum atomic E-state index is 4.04. The van der Waals surface area contributed by atoms with Crippen LogP contribution in [0.4, 0.5) is 0 Å². The smallest absolute Gasteiger partial charge is 0.136 e. The third-order valence-corrected chi connectivity index (χ3v) is 3.55. The van der Waals surface area contributed by atoms with Crippen molar-refractivity contribution in [3.63, 3.8) is 0 Å². The highest BCUT2D eigenvalue weighted by Gasteiger charge is 2.02. The molecule has 0 aliphatic heterocycles. The van der Waals surface area contributed by atoms with E-state index in [1.54, 1.807) is 6.33 Å². The number of halogens is 1. The van der Waals surface area contributed by atoms with Crippen molar-refractivity contribution in [3.8, 4) is 0 Å². The molecule has 1 fully saturated rings. The van der Waals surface area contributed by atoms with Crippen LogP contribution in [0.25, 0.3) is 0 Å². The Morgan fingerprint density at radius 3 is 2.44 bits per heavy atom. The van der Waals surface area contributed by atoms with Crippen LogP contribution in [0.2, 0.25) is 0 Å². The fourth-order valence-corrected chi connectivity index (χ4v) is 1.99. The highest BCUT2D eigenvalue weighted by atomic mass is 79.9. The van der Waals surface area contributed by atoms with Gasteiger partial charge in [0.1, 0.15) is 12.2 Å². The van der Waals surface area contributed by atoms with Crippen LogP contribution in [0.3, 0.4) is 0 Å². The predicted octanol–water partition coefficient (Wildman–Crippen LogP) is 3.73. The highest BCUT2D eigenvalue weighted by Crippen LogP contribution is 2.15. The predicted molar refractivity (Wildman–Crippen MR) is 76.4 cm³/mol. The van der Waals surface area contributed by atoms with Gasteiger partial charge in [-0.05, 0) is 17.7 Å². The van der Waals surface area contributed by atoms with Crippen LogP contribution in [-0.2, 0) is 13.5 Å². The zero-order chi connectivity index (χ0) is 12.8. The average Bonchev–Trinajstić information content (AvgIpc) is 2.62. The van der Waals surface area contributed by atoms with E-state index in [-0.39, 0.29) is 0 Å². The largest absolute Gasteiger partial charge is 0.320 e. The fraction of sp³-hybridized carbons (Fsp3) is 0.429. The lowest BCUT2D eigenvalue weighted by atomic mass is 10.0. The summed E-state index contributed by atoms with van der Waals surface area (Å²) in [6.07, 6.45) is 8.53. The first-order valence-electron chi connectivity index (χ1n) is 6.33. The van der Waals surface area contributed by atoms with Crippen LogP contribution in [0, 0.1) is 0 Å². The topological polar surface area (TPSA) is 30.7 Å². The molecular formula is C14H18BrN3. The first-order valence-corrected chi connectivity index (χ1v) is 7.12. The normalized spacial score (nSPS) is 13.4. The van der Waals surface area contributed by atoms with Crippen molar-refractivity contribution in [1.29, 1.82) is 0 Å². The van der Waals surface area contributed by atoms with Crippen molar-refractivity contribution >= 4 is 15.9 Å². The monoisotopic (exact) mass is 307 g/mol. The molecule has 96 valence electrons. The van der Waals surface area contributed by atoms with E-state index in [0.29, 0.717) is 0 Å². The number of benzene rings is 1. The van der Waals surface area contributed by atoms with E-state index < -0.39 is 0 Å². The van der Waals surface area contributed by atoms with Crippen LogP contribution in [0.15, 0.2) is 35.1 Å². The first-order chi connectivity index (χ1) is 8.75. The zero-order valence-corrected chi connectivity index (χ0v) is 12.2. The summed E-state index contributed by atoms with van der Waals surface area (Å²) in [7, 11) is 1.95. The number of aromatic nitrogens is 3. The second kappa shape index (κ2) is 6.69. The van der Waals surface area contributed by atoms with Crippen molar-refractivity contribution in [3.05, 3.63) is 46.5 Å². The molecule has 0 spiro atoms. The van der Waals surface area contributed by atoms with Gasteiger partial charge in [0.25, 0.3) is 0 Å². The van der Waals surface area contributed by atoms with Crippen LogP contribution < -0.4 is 0 Å². The molecule has 0 radical (unpaired) electrons. The van der Waals surface area contributed by atoms with Crippen molar-refractivity contribution in [2.45, 2.75) is 32.1 Å². The number of aryl methyl sites for hydroxylation is 1. The van der Waals surface area contributed by atoms with E-state index in [1.165, 1.54) is 31.2 Å². The second-order valence-corrected chi connectivity index (χ2v) is 5.49. The van der Waals surface area contributed by atoms with Gasteiger partial charge < -0.3 is 4.57 Å². The van der Waals surface area contributed by atoms with E-state index in [1.807, 2.05) is 23.7 Å². The molecule has 3 rings (SSSR count). The fourth-order valence-electron chi connectivity index (χ4n) is 1.55. The lowest BCUT2D eigenvalue weighted by Gasteiger charge is -2.05. The Kier molecular flexibility index (Phi) is 4.93. The molecule has 1 saturated carbocycles. The molecule has 1 aliphatic carbocycles. The Morgan fingerprint density at radius 2 is 1.94 bits per heavy atom. The summed E-state index contributed by atoms with van der Waals surface area (Å²) >= 11 is 3.44. The summed E-state index contributed by atoms with van der Waals surface area (Å²) in [4.78, 5) is 0. The second-order valence-electron chi connectivity index (χ2n) is 4.58. The Morgan fingerprint density at radius 1 is 1.22 bits per heavy atom. The lowest BCUT2D eigenvalue weighted by Crippen LogP contribution is -1.98. The third kappa shape index (κ3) is 3.95. The SMILES string of the molecule is C1CCC1.Cn1cnnc1Cc1cccc(Br)c1. The molecule has 1 heterocycles. The van der Waals surface area contributed by atoms with Crippen LogP contribution in [-0.4, -0.2) is 14.8 Å². The van der Waals surface area contributed by atoms with Crippen LogP contribution >= 0.6 is 15.9 Å². The Labute approximate surface area is 116 Å². The molecule has 18 heavy (non-hydrogen) atoms. The third-order valence-electron chi connectivity index (χ3n) is 3.06. The number of rotatable bonds is 2. The molecule has 1 aromatic heterocycles. The average molecular weight is 308 g/mol. The molecule has 0 saturated heterocycles. The lowest BCUT2D eigenvalue weighted by molar-refractivity contribution is 0.504. The van der Waals surface area contributed by atoms with Crippen LogP contribution in [0.5, 0.6) is 0 Å². The van der Waals surface area contributed by atoms with Gasteiger partial charge in [-0.2, -0.15) is 0 Å². The molecule has 4 heteroatoms. The number of hydrogen-bond donors (Lipinski definition) is 0. The van der Waals surface area contributed by atoms with E-state index in [9.17, 15) is 0 Å². The van der Waals surface area contributed by atoms with Gasteiger partial charge in [0.2, 0.25) is 0 Å². The molecule has 0 unspecified atom stereocenters. The molecule has 1 aliphatic rings. The molecule has 0 bridgehead atoms. The van der Waals surface area contributed by atoms with Crippen molar-refractivity contribution in [2.75, 3.05) is 0 Å². The van der Waals surface area contributed by atoms with Gasteiger partial charge in [-0.3, -0.25) is 0 Å². The Hall–Kier alpha value is -1.16. The molecule has 0 N–H and O–H groups in total. The number of hydrogen-bond acceptors (Lipinski definition) is 2. The zero-order valence-electron chi connectivity index (χ0n) is 10.6. The quantitative estimate of drug-likeness (QED) is 0.846. The van der Waals surface area contributed by atoms with Crippen molar-refractivity contribution in [1.82, 2.24) is 14.8 Å². The van der Waals surface area contributed by atoms with E-state index in [4.69, 9.17) is 0 Å². The van der Waals surface area contributed by atoms with Gasteiger partial charge in [-0.15, -0.1) is 10.2 Å². The van der Waals surface area contributed by atoms with Gasteiger partial charge in [0.05, 0.1) is 0 Å². The molecule has 0 atom stereocenters. The summed E-state index contributed by atoms with van der Waals surface area (Å²) in [6, 6.07) is 8.21. The summed E-state index contributed by atoms with van der Waals surface area (Å²) < 4.78 is 3.03. The summed E-state index contributed by atoms with van der Waals surface area (Å²) in [6.45, 7) is 0. The van der Waals surface area contributed by atoms with E-state index in [0.717, 1.165) is 16.7 Å². The first kappa shape index (κ1) is 13.3. The standard InChI is InChI=1S/C10H10BrN3.C4H8/c1-14-7-12-13-10(14)6-8-3-2-4-9(11)5-8;1-2-4-3-1/h2-5,7H,6H2,1H3;1-4H2. The maximum Gasteiger partial charge on any atom is 0.136 e.